The van der Waals surface area contributed by atoms with E-state index < -0.39 is 0 Å². The molecular formula is C17H17Cl. The normalized spacial score (nSPS) is 10.2. The van der Waals surface area contributed by atoms with Crippen molar-refractivity contribution in [2.75, 3.05) is 0 Å². The van der Waals surface area contributed by atoms with Crippen LogP contribution in [-0.4, -0.2) is 0 Å². The van der Waals surface area contributed by atoms with Gasteiger partial charge in [-0.3, -0.25) is 0 Å². The first-order valence-electron chi connectivity index (χ1n) is 5.78. The fraction of sp³-hybridized carbons (Fsp3) is 0.0588. The molecule has 0 aliphatic rings. The zero-order chi connectivity index (χ0) is 13.2. The number of hydrogen-bond donors (Lipinski definition) is 0. The van der Waals surface area contributed by atoms with Crippen molar-refractivity contribution in [2.24, 2.45) is 0 Å². The zero-order valence-electron chi connectivity index (χ0n) is 10.5. The topological polar surface area (TPSA) is 0 Å². The summed E-state index contributed by atoms with van der Waals surface area (Å²) in [4.78, 5) is 0. The highest BCUT2D eigenvalue weighted by molar-refractivity contribution is 6.31. The molecule has 0 saturated carbocycles. The lowest BCUT2D eigenvalue weighted by atomic mass is 10.2. The Kier molecular flexibility index (Phi) is 6.60. The Morgan fingerprint density at radius 1 is 0.889 bits per heavy atom. The van der Waals surface area contributed by atoms with Crippen molar-refractivity contribution < 1.29 is 0 Å². The fourth-order valence-corrected chi connectivity index (χ4v) is 1.49. The maximum atomic E-state index is 5.67. The smallest absolute Gasteiger partial charge is 0.0155 e. The average Bonchev–Trinajstić information content (AvgIpc) is 2.41. The van der Waals surface area contributed by atoms with Crippen LogP contribution in [0.25, 0.3) is 12.2 Å². The van der Waals surface area contributed by atoms with Crippen LogP contribution in [-0.2, 0) is 0 Å². The van der Waals surface area contributed by atoms with Gasteiger partial charge >= 0.3 is 0 Å². The summed E-state index contributed by atoms with van der Waals surface area (Å²) in [5.74, 6) is 0. The first kappa shape index (κ1) is 14.3. The third kappa shape index (κ3) is 6.07. The van der Waals surface area contributed by atoms with Crippen molar-refractivity contribution in [1.82, 2.24) is 0 Å². The Morgan fingerprint density at radius 2 is 1.33 bits per heavy atom. The molecule has 0 unspecified atom stereocenters. The second kappa shape index (κ2) is 8.32. The van der Waals surface area contributed by atoms with Crippen LogP contribution < -0.4 is 0 Å². The van der Waals surface area contributed by atoms with Crippen LogP contribution in [0.2, 0.25) is 0 Å². The van der Waals surface area contributed by atoms with E-state index >= 15 is 0 Å². The Bertz CT molecular complexity index is 480. The summed E-state index contributed by atoms with van der Waals surface area (Å²) in [5.41, 5.74) is 2.32. The predicted molar refractivity (Wildman–Crippen MR) is 82.5 cm³/mol. The lowest BCUT2D eigenvalue weighted by Gasteiger charge is -1.90. The maximum absolute atomic E-state index is 5.67. The number of allylic oxidation sites excluding steroid dienone is 1. The molecule has 0 spiro atoms. The molecule has 1 heteroatoms. The molecule has 0 nitrogen and oxygen atoms in total. The van der Waals surface area contributed by atoms with E-state index in [0.29, 0.717) is 0 Å². The summed E-state index contributed by atoms with van der Waals surface area (Å²) in [6.45, 7) is 5.50. The van der Waals surface area contributed by atoms with Crippen molar-refractivity contribution >= 4 is 23.8 Å². The molecule has 0 amide bonds. The summed E-state index contributed by atoms with van der Waals surface area (Å²) < 4.78 is 0. The van der Waals surface area contributed by atoms with E-state index in [2.05, 4.69) is 6.58 Å². The number of halogens is 1. The largest absolute Gasteiger partial charge is 0.0985 e. The van der Waals surface area contributed by atoms with Gasteiger partial charge in [0.05, 0.1) is 0 Å². The molecule has 0 saturated heterocycles. The van der Waals surface area contributed by atoms with E-state index in [1.54, 1.807) is 0 Å². The molecule has 2 aromatic carbocycles. The van der Waals surface area contributed by atoms with Crippen molar-refractivity contribution in [3.05, 3.63) is 83.4 Å². The third-order valence-corrected chi connectivity index (χ3v) is 2.31. The lowest BCUT2D eigenvalue weighted by Crippen LogP contribution is -1.68. The molecule has 0 heterocycles. The van der Waals surface area contributed by atoms with Crippen molar-refractivity contribution in [3.63, 3.8) is 0 Å². The maximum Gasteiger partial charge on any atom is 0.0155 e. The van der Waals surface area contributed by atoms with Crippen molar-refractivity contribution in [1.29, 1.82) is 0 Å². The minimum Gasteiger partial charge on any atom is -0.0985 e. The summed E-state index contributed by atoms with van der Waals surface area (Å²) in [7, 11) is 0. The third-order valence-electron chi connectivity index (χ3n) is 2.20. The first-order valence-corrected chi connectivity index (χ1v) is 6.16. The molecule has 2 rings (SSSR count). The Morgan fingerprint density at radius 3 is 1.67 bits per heavy atom. The predicted octanol–water partition coefficient (Wildman–Crippen LogP) is 5.62. The minimum atomic E-state index is 0.811. The van der Waals surface area contributed by atoms with Gasteiger partial charge in [-0.2, -0.15) is 0 Å². The van der Waals surface area contributed by atoms with Gasteiger partial charge in [0.2, 0.25) is 0 Å². The van der Waals surface area contributed by atoms with Gasteiger partial charge in [0.1, 0.15) is 0 Å². The fourth-order valence-electron chi connectivity index (χ4n) is 1.37. The highest BCUT2D eigenvalue weighted by atomic mass is 35.5. The lowest BCUT2D eigenvalue weighted by molar-refractivity contribution is 1.63. The van der Waals surface area contributed by atoms with Crippen molar-refractivity contribution in [3.8, 4) is 0 Å². The Hall–Kier alpha value is -1.79. The molecule has 92 valence electrons. The van der Waals surface area contributed by atoms with Crippen LogP contribution >= 0.6 is 11.6 Å². The summed E-state index contributed by atoms with van der Waals surface area (Å²) >= 11 is 5.67. The average molecular weight is 257 g/mol. The first-order chi connectivity index (χ1) is 8.72. The van der Waals surface area contributed by atoms with E-state index in [-0.39, 0.29) is 0 Å². The van der Waals surface area contributed by atoms with Gasteiger partial charge in [-0.25, -0.2) is 0 Å². The van der Waals surface area contributed by atoms with Crippen LogP contribution in [0, 0.1) is 0 Å². The summed E-state index contributed by atoms with van der Waals surface area (Å²) in [5, 5.41) is 0.811. The molecular weight excluding hydrogens is 240 g/mol. The highest BCUT2D eigenvalue weighted by Crippen LogP contribution is 2.07. The van der Waals surface area contributed by atoms with Gasteiger partial charge in [-0.1, -0.05) is 84.9 Å². The molecule has 0 aliphatic carbocycles. The Labute approximate surface area is 114 Å². The van der Waals surface area contributed by atoms with Crippen LogP contribution in [0.3, 0.4) is 0 Å². The SMILES string of the molecule is C=Cc1ccccc1.CC(Cl)=Cc1ccccc1. The minimum absolute atomic E-state index is 0.811. The summed E-state index contributed by atoms with van der Waals surface area (Å²) in [6.07, 6.45) is 3.77. The quantitative estimate of drug-likeness (QED) is 0.655. The van der Waals surface area contributed by atoms with E-state index in [4.69, 9.17) is 11.6 Å². The summed E-state index contributed by atoms with van der Waals surface area (Å²) in [6, 6.07) is 20.0. The monoisotopic (exact) mass is 256 g/mol. The second-order valence-corrected chi connectivity index (χ2v) is 4.35. The van der Waals surface area contributed by atoms with Gasteiger partial charge in [-0.05, 0) is 24.1 Å². The molecule has 0 bridgehead atoms. The highest BCUT2D eigenvalue weighted by Gasteiger charge is 1.83. The molecule has 0 aromatic heterocycles. The van der Waals surface area contributed by atoms with Gasteiger partial charge < -0.3 is 0 Å². The van der Waals surface area contributed by atoms with Crippen LogP contribution in [0.4, 0.5) is 0 Å². The molecule has 0 fully saturated rings. The van der Waals surface area contributed by atoms with E-state index in [1.807, 2.05) is 79.7 Å². The number of hydrogen-bond acceptors (Lipinski definition) is 0. The van der Waals surface area contributed by atoms with Crippen LogP contribution in [0.15, 0.2) is 72.3 Å². The van der Waals surface area contributed by atoms with Crippen molar-refractivity contribution in [2.45, 2.75) is 6.92 Å². The second-order valence-electron chi connectivity index (χ2n) is 3.76. The zero-order valence-corrected chi connectivity index (χ0v) is 11.3. The molecule has 0 aliphatic heterocycles. The molecule has 0 N–H and O–H groups in total. The van der Waals surface area contributed by atoms with Gasteiger partial charge in [-0.15, -0.1) is 0 Å². The number of rotatable bonds is 2. The van der Waals surface area contributed by atoms with Crippen LogP contribution in [0.5, 0.6) is 0 Å². The van der Waals surface area contributed by atoms with Crippen LogP contribution in [0.1, 0.15) is 18.1 Å². The molecule has 0 atom stereocenters. The number of benzene rings is 2. The van der Waals surface area contributed by atoms with Gasteiger partial charge in [0.15, 0.2) is 0 Å². The van der Waals surface area contributed by atoms with E-state index in [0.717, 1.165) is 10.6 Å². The molecule has 18 heavy (non-hydrogen) atoms. The molecule has 2 aromatic rings. The van der Waals surface area contributed by atoms with E-state index in [9.17, 15) is 0 Å². The van der Waals surface area contributed by atoms with E-state index in [1.165, 1.54) is 5.56 Å². The Balaban J connectivity index is 0.000000184. The molecule has 0 radical (unpaired) electrons. The van der Waals surface area contributed by atoms with Gasteiger partial charge in [0, 0.05) is 5.03 Å². The van der Waals surface area contributed by atoms with Gasteiger partial charge in [0.25, 0.3) is 0 Å². The standard InChI is InChI=1S/C9H9Cl.C8H8/c1-8(10)7-9-5-3-2-4-6-9;1-2-8-6-4-3-5-7-8/h2-7H,1H3;2-7H,1H2.